The zero-order valence-electron chi connectivity index (χ0n) is 16.6. The van der Waals surface area contributed by atoms with Gasteiger partial charge in [0.1, 0.15) is 0 Å². The van der Waals surface area contributed by atoms with E-state index in [0.29, 0.717) is 6.54 Å². The van der Waals surface area contributed by atoms with E-state index < -0.39 is 0 Å². The van der Waals surface area contributed by atoms with Crippen molar-refractivity contribution in [1.29, 1.82) is 0 Å². The van der Waals surface area contributed by atoms with Crippen molar-refractivity contribution in [2.75, 3.05) is 43.4 Å². The van der Waals surface area contributed by atoms with Gasteiger partial charge in [-0.2, -0.15) is 0 Å². The van der Waals surface area contributed by atoms with Crippen LogP contribution in [-0.4, -0.2) is 49.4 Å². The first kappa shape index (κ1) is 19.4. The maximum Gasteiger partial charge on any atom is 0.238 e. The number of anilines is 2. The fourth-order valence-electron chi connectivity index (χ4n) is 4.76. The molecule has 4 rings (SSSR count). The van der Waals surface area contributed by atoms with E-state index in [0.717, 1.165) is 56.8 Å². The van der Waals surface area contributed by atoms with E-state index in [-0.39, 0.29) is 23.1 Å². The molecule has 0 radical (unpaired) electrons. The number of amides is 2. The highest BCUT2D eigenvalue weighted by Crippen LogP contribution is 2.58. The second kappa shape index (κ2) is 8.62. The fraction of sp³-hybridized carbons (Fsp3) is 0.636. The molecule has 1 spiro atoms. The first-order valence-electron chi connectivity index (χ1n) is 10.8. The molecule has 152 valence electrons. The van der Waals surface area contributed by atoms with Crippen LogP contribution >= 0.6 is 0 Å². The topological polar surface area (TPSA) is 73.5 Å². The van der Waals surface area contributed by atoms with Crippen molar-refractivity contribution < 1.29 is 9.59 Å². The Hall–Kier alpha value is -1.92. The molecule has 6 nitrogen and oxygen atoms in total. The summed E-state index contributed by atoms with van der Waals surface area (Å²) in [5.74, 6) is 0.326. The number of carbonyl (C=O) groups is 2. The lowest BCUT2D eigenvalue weighted by atomic mass is 9.92. The quantitative estimate of drug-likeness (QED) is 0.730. The van der Waals surface area contributed by atoms with Gasteiger partial charge in [0.25, 0.3) is 0 Å². The van der Waals surface area contributed by atoms with E-state index in [1.54, 1.807) is 0 Å². The molecule has 1 atom stereocenters. The minimum atomic E-state index is 0.0320. The van der Waals surface area contributed by atoms with Gasteiger partial charge in [0.05, 0.1) is 6.54 Å². The Kier molecular flexibility index (Phi) is 5.97. The lowest BCUT2D eigenvalue weighted by molar-refractivity contribution is -0.118. The largest absolute Gasteiger partial charge is 0.326 e. The number of piperidine rings is 1. The van der Waals surface area contributed by atoms with Crippen LogP contribution in [-0.2, 0) is 9.59 Å². The number of nitrogens with zero attached hydrogens (tertiary/aromatic N) is 1. The van der Waals surface area contributed by atoms with Crippen molar-refractivity contribution in [3.8, 4) is 0 Å². The number of benzene rings is 1. The smallest absolute Gasteiger partial charge is 0.238 e. The van der Waals surface area contributed by atoms with Crippen LogP contribution in [0.1, 0.15) is 44.9 Å². The van der Waals surface area contributed by atoms with Gasteiger partial charge in [0.2, 0.25) is 11.8 Å². The zero-order chi connectivity index (χ0) is 19.4. The molecule has 0 aromatic heterocycles. The van der Waals surface area contributed by atoms with Gasteiger partial charge in [0, 0.05) is 17.3 Å². The monoisotopic (exact) mass is 384 g/mol. The van der Waals surface area contributed by atoms with Crippen molar-refractivity contribution in [3.63, 3.8) is 0 Å². The third kappa shape index (κ3) is 4.73. The molecule has 3 fully saturated rings. The normalized spacial score (nSPS) is 24.4. The summed E-state index contributed by atoms with van der Waals surface area (Å²) in [6, 6.07) is 7.47. The van der Waals surface area contributed by atoms with E-state index in [2.05, 4.69) is 20.9 Å². The van der Waals surface area contributed by atoms with Crippen molar-refractivity contribution in [2.24, 2.45) is 11.3 Å². The second-order valence-corrected chi connectivity index (χ2v) is 8.67. The van der Waals surface area contributed by atoms with Crippen LogP contribution in [0.2, 0.25) is 0 Å². The molecule has 1 aromatic carbocycles. The molecule has 2 amide bonds. The van der Waals surface area contributed by atoms with Crippen LogP contribution in [0.15, 0.2) is 24.3 Å². The Balaban J connectivity index is 1.24. The summed E-state index contributed by atoms with van der Waals surface area (Å²) in [4.78, 5) is 27.1. The third-order valence-corrected chi connectivity index (χ3v) is 6.61. The number of nitrogens with one attached hydrogen (secondary N) is 3. The Morgan fingerprint density at radius 2 is 1.57 bits per heavy atom. The first-order valence-corrected chi connectivity index (χ1v) is 10.8. The van der Waals surface area contributed by atoms with Crippen LogP contribution in [0, 0.1) is 11.3 Å². The average molecular weight is 385 g/mol. The van der Waals surface area contributed by atoms with E-state index in [9.17, 15) is 9.59 Å². The van der Waals surface area contributed by atoms with Crippen LogP contribution in [0.3, 0.4) is 0 Å². The predicted octanol–water partition coefficient (Wildman–Crippen LogP) is 2.83. The van der Waals surface area contributed by atoms with Crippen LogP contribution in [0.4, 0.5) is 11.4 Å². The molecule has 2 saturated heterocycles. The highest BCUT2D eigenvalue weighted by molar-refractivity contribution is 5.96. The summed E-state index contributed by atoms with van der Waals surface area (Å²) in [6.45, 7) is 4.52. The molecular weight excluding hydrogens is 352 g/mol. The molecular formula is C22H32N4O2. The van der Waals surface area contributed by atoms with Crippen molar-refractivity contribution in [3.05, 3.63) is 24.3 Å². The van der Waals surface area contributed by atoms with Crippen LogP contribution in [0.25, 0.3) is 0 Å². The molecule has 3 aliphatic rings. The zero-order valence-corrected chi connectivity index (χ0v) is 16.6. The number of hydrogen-bond acceptors (Lipinski definition) is 4. The standard InChI is InChI=1S/C22H32N4O2/c27-20(16-26-13-3-1-2-4-14-26)24-17-5-7-18(8-6-17)25-21(28)19-15-22(19)9-11-23-12-10-22/h5-8,19,23H,1-4,9-16H2,(H,24,27)(H,25,28). The summed E-state index contributed by atoms with van der Waals surface area (Å²) in [7, 11) is 0. The summed E-state index contributed by atoms with van der Waals surface area (Å²) < 4.78 is 0. The molecule has 28 heavy (non-hydrogen) atoms. The van der Waals surface area contributed by atoms with E-state index in [4.69, 9.17) is 0 Å². The molecule has 2 heterocycles. The number of likely N-dealkylation sites (tertiary alicyclic amines) is 1. The lowest BCUT2D eigenvalue weighted by Crippen LogP contribution is -2.33. The van der Waals surface area contributed by atoms with Gasteiger partial charge in [-0.1, -0.05) is 12.8 Å². The predicted molar refractivity (Wildman–Crippen MR) is 111 cm³/mol. The SMILES string of the molecule is O=C(CN1CCCCCC1)Nc1ccc(NC(=O)C2CC23CCNCC3)cc1. The Morgan fingerprint density at radius 1 is 0.964 bits per heavy atom. The van der Waals surface area contributed by atoms with E-state index >= 15 is 0 Å². The van der Waals surface area contributed by atoms with Crippen molar-refractivity contribution in [1.82, 2.24) is 10.2 Å². The number of carbonyl (C=O) groups excluding carboxylic acids is 2. The van der Waals surface area contributed by atoms with Gasteiger partial charge >= 0.3 is 0 Å². The third-order valence-electron chi connectivity index (χ3n) is 6.61. The Bertz CT molecular complexity index is 689. The van der Waals surface area contributed by atoms with Gasteiger partial charge < -0.3 is 16.0 Å². The highest BCUT2D eigenvalue weighted by Gasteiger charge is 2.57. The van der Waals surface area contributed by atoms with Gasteiger partial charge in [-0.05, 0) is 88.0 Å². The molecule has 1 saturated carbocycles. The summed E-state index contributed by atoms with van der Waals surface area (Å²) >= 11 is 0. The summed E-state index contributed by atoms with van der Waals surface area (Å²) in [5.41, 5.74) is 1.82. The fourth-order valence-corrected chi connectivity index (χ4v) is 4.76. The Morgan fingerprint density at radius 3 is 2.21 bits per heavy atom. The molecule has 1 aromatic rings. The molecule has 6 heteroatoms. The first-order chi connectivity index (χ1) is 13.6. The molecule has 3 N–H and O–H groups in total. The Labute approximate surface area is 167 Å². The van der Waals surface area contributed by atoms with Crippen molar-refractivity contribution >= 4 is 23.2 Å². The van der Waals surface area contributed by atoms with E-state index in [1.165, 1.54) is 25.7 Å². The molecule has 1 aliphatic carbocycles. The van der Waals surface area contributed by atoms with E-state index in [1.807, 2.05) is 24.3 Å². The average Bonchev–Trinajstić information content (AvgIpc) is 3.44. The highest BCUT2D eigenvalue weighted by atomic mass is 16.2. The van der Waals surface area contributed by atoms with Crippen LogP contribution < -0.4 is 16.0 Å². The van der Waals surface area contributed by atoms with Gasteiger partial charge in [-0.25, -0.2) is 0 Å². The number of rotatable bonds is 5. The van der Waals surface area contributed by atoms with Gasteiger partial charge in [0.15, 0.2) is 0 Å². The van der Waals surface area contributed by atoms with Gasteiger partial charge in [-0.15, -0.1) is 0 Å². The minimum absolute atomic E-state index is 0.0320. The maximum absolute atomic E-state index is 12.6. The summed E-state index contributed by atoms with van der Waals surface area (Å²) in [5, 5.41) is 9.39. The summed E-state index contributed by atoms with van der Waals surface area (Å²) in [6.07, 6.45) is 8.13. The maximum atomic E-state index is 12.6. The van der Waals surface area contributed by atoms with Gasteiger partial charge in [-0.3, -0.25) is 14.5 Å². The lowest BCUT2D eigenvalue weighted by Gasteiger charge is -2.23. The van der Waals surface area contributed by atoms with Crippen molar-refractivity contribution in [2.45, 2.75) is 44.9 Å². The molecule has 1 unspecified atom stereocenters. The molecule has 0 bridgehead atoms. The molecule has 2 aliphatic heterocycles. The minimum Gasteiger partial charge on any atom is -0.326 e. The second-order valence-electron chi connectivity index (χ2n) is 8.67. The van der Waals surface area contributed by atoms with Crippen LogP contribution in [0.5, 0.6) is 0 Å². The number of hydrogen-bond donors (Lipinski definition) is 3.